The second-order valence-corrected chi connectivity index (χ2v) is 3.39. The highest BCUT2D eigenvalue weighted by atomic mass is 15.0. The molecule has 0 fully saturated rings. The summed E-state index contributed by atoms with van der Waals surface area (Å²) in [6.07, 6.45) is 5.19. The highest BCUT2D eigenvalue weighted by Gasteiger charge is 2.02. The molecule has 0 saturated heterocycles. The van der Waals surface area contributed by atoms with E-state index in [9.17, 15) is 0 Å². The Labute approximate surface area is 84.2 Å². The van der Waals surface area contributed by atoms with E-state index >= 15 is 0 Å². The molecule has 14 heavy (non-hydrogen) atoms. The molecular formula is C11H15N3. The van der Waals surface area contributed by atoms with Crippen molar-refractivity contribution >= 4 is 5.82 Å². The third-order valence-electron chi connectivity index (χ3n) is 2.32. The van der Waals surface area contributed by atoms with E-state index in [-0.39, 0.29) is 0 Å². The van der Waals surface area contributed by atoms with Gasteiger partial charge in [-0.1, -0.05) is 17.7 Å². The molecule has 0 saturated carbocycles. The number of rotatable bonds is 3. The Kier molecular flexibility index (Phi) is 3.14. The van der Waals surface area contributed by atoms with E-state index in [4.69, 9.17) is 0 Å². The molecule has 0 aromatic carbocycles. The Morgan fingerprint density at radius 2 is 2.43 bits per heavy atom. The first-order valence-electron chi connectivity index (χ1n) is 4.99. The second kappa shape index (κ2) is 4.77. The van der Waals surface area contributed by atoms with Gasteiger partial charge in [0.25, 0.3) is 0 Å². The third-order valence-corrected chi connectivity index (χ3v) is 2.32. The zero-order valence-electron chi connectivity index (χ0n) is 8.16. The standard InChI is InChI=1S/C11H15N3/c1-2-6-13-11(3-1)14-9-10-4-7-12-8-5-10/h1-4,6,12H,5,7-9H2,(H,13,14). The molecule has 0 spiro atoms. The largest absolute Gasteiger partial charge is 0.366 e. The first kappa shape index (κ1) is 9.21. The van der Waals surface area contributed by atoms with Crippen molar-refractivity contribution in [3.05, 3.63) is 36.0 Å². The summed E-state index contributed by atoms with van der Waals surface area (Å²) in [5.41, 5.74) is 1.47. The third kappa shape index (κ3) is 2.57. The van der Waals surface area contributed by atoms with E-state index in [1.165, 1.54) is 5.57 Å². The molecule has 1 aromatic rings. The Balaban J connectivity index is 1.85. The molecule has 0 atom stereocenters. The van der Waals surface area contributed by atoms with Gasteiger partial charge in [-0.3, -0.25) is 0 Å². The summed E-state index contributed by atoms with van der Waals surface area (Å²) in [5, 5.41) is 6.60. The van der Waals surface area contributed by atoms with Crippen LogP contribution in [0.1, 0.15) is 6.42 Å². The Morgan fingerprint density at radius 1 is 1.43 bits per heavy atom. The van der Waals surface area contributed by atoms with Gasteiger partial charge in [0.1, 0.15) is 5.82 Å². The van der Waals surface area contributed by atoms with Crippen molar-refractivity contribution in [3.8, 4) is 0 Å². The van der Waals surface area contributed by atoms with Gasteiger partial charge in [0.2, 0.25) is 0 Å². The van der Waals surface area contributed by atoms with Crippen molar-refractivity contribution in [3.63, 3.8) is 0 Å². The summed E-state index contributed by atoms with van der Waals surface area (Å²) in [6, 6.07) is 5.91. The van der Waals surface area contributed by atoms with Crippen LogP contribution in [0.5, 0.6) is 0 Å². The van der Waals surface area contributed by atoms with Crippen LogP contribution in [0.2, 0.25) is 0 Å². The summed E-state index contributed by atoms with van der Waals surface area (Å²) < 4.78 is 0. The van der Waals surface area contributed by atoms with E-state index in [0.29, 0.717) is 0 Å². The molecule has 3 heteroatoms. The maximum atomic E-state index is 4.21. The monoisotopic (exact) mass is 189 g/mol. The Morgan fingerprint density at radius 3 is 3.14 bits per heavy atom. The van der Waals surface area contributed by atoms with Crippen LogP contribution in [0.3, 0.4) is 0 Å². The average Bonchev–Trinajstić information content (AvgIpc) is 2.29. The summed E-state index contributed by atoms with van der Waals surface area (Å²) in [7, 11) is 0. The SMILES string of the molecule is C1=C(CNc2ccccn2)CCNC1. The lowest BCUT2D eigenvalue weighted by molar-refractivity contribution is 0.698. The molecule has 2 N–H and O–H groups in total. The summed E-state index contributed by atoms with van der Waals surface area (Å²) in [6.45, 7) is 3.01. The fourth-order valence-corrected chi connectivity index (χ4v) is 1.50. The number of nitrogens with one attached hydrogen (secondary N) is 2. The molecule has 0 aliphatic carbocycles. The highest BCUT2D eigenvalue weighted by Crippen LogP contribution is 2.06. The van der Waals surface area contributed by atoms with Crippen LogP contribution >= 0.6 is 0 Å². The summed E-state index contributed by atoms with van der Waals surface area (Å²) in [4.78, 5) is 4.21. The van der Waals surface area contributed by atoms with Crippen molar-refractivity contribution in [2.75, 3.05) is 25.0 Å². The normalized spacial score (nSPS) is 16.1. The lowest BCUT2D eigenvalue weighted by Gasteiger charge is -2.14. The van der Waals surface area contributed by atoms with Crippen LogP contribution in [-0.4, -0.2) is 24.6 Å². The van der Waals surface area contributed by atoms with E-state index in [2.05, 4.69) is 21.7 Å². The predicted octanol–water partition coefficient (Wildman–Crippen LogP) is 1.41. The molecule has 0 amide bonds. The highest BCUT2D eigenvalue weighted by molar-refractivity contribution is 5.35. The predicted molar refractivity (Wildman–Crippen MR) is 58.3 cm³/mol. The number of hydrogen-bond donors (Lipinski definition) is 2. The molecule has 1 aliphatic rings. The molecule has 3 nitrogen and oxygen atoms in total. The van der Waals surface area contributed by atoms with Crippen molar-refractivity contribution in [1.82, 2.24) is 10.3 Å². The molecule has 2 rings (SSSR count). The van der Waals surface area contributed by atoms with Gasteiger partial charge in [0.15, 0.2) is 0 Å². The van der Waals surface area contributed by atoms with E-state index in [1.807, 2.05) is 18.2 Å². The van der Waals surface area contributed by atoms with Gasteiger partial charge in [-0.25, -0.2) is 4.98 Å². The number of pyridine rings is 1. The smallest absolute Gasteiger partial charge is 0.126 e. The first-order valence-corrected chi connectivity index (χ1v) is 4.99. The molecular weight excluding hydrogens is 174 g/mol. The van der Waals surface area contributed by atoms with Crippen LogP contribution in [0.15, 0.2) is 36.0 Å². The average molecular weight is 189 g/mol. The van der Waals surface area contributed by atoms with Gasteiger partial charge in [-0.05, 0) is 25.1 Å². The van der Waals surface area contributed by atoms with Gasteiger partial charge in [0.05, 0.1) is 0 Å². The van der Waals surface area contributed by atoms with Gasteiger partial charge in [-0.2, -0.15) is 0 Å². The van der Waals surface area contributed by atoms with Gasteiger partial charge >= 0.3 is 0 Å². The van der Waals surface area contributed by atoms with E-state index in [1.54, 1.807) is 6.20 Å². The van der Waals surface area contributed by atoms with Crippen LogP contribution in [0.4, 0.5) is 5.82 Å². The van der Waals surface area contributed by atoms with E-state index in [0.717, 1.165) is 31.9 Å². The molecule has 2 heterocycles. The van der Waals surface area contributed by atoms with Crippen LogP contribution in [0.25, 0.3) is 0 Å². The summed E-state index contributed by atoms with van der Waals surface area (Å²) >= 11 is 0. The number of hydrogen-bond acceptors (Lipinski definition) is 3. The molecule has 74 valence electrons. The molecule has 0 bridgehead atoms. The molecule has 1 aromatic heterocycles. The van der Waals surface area contributed by atoms with Gasteiger partial charge < -0.3 is 10.6 Å². The zero-order valence-corrected chi connectivity index (χ0v) is 8.16. The molecule has 0 unspecified atom stereocenters. The minimum absolute atomic E-state index is 0.915. The number of nitrogens with zero attached hydrogens (tertiary/aromatic N) is 1. The van der Waals surface area contributed by atoms with Crippen molar-refractivity contribution in [1.29, 1.82) is 0 Å². The van der Waals surface area contributed by atoms with Crippen molar-refractivity contribution in [2.45, 2.75) is 6.42 Å². The number of aromatic nitrogens is 1. The fourth-order valence-electron chi connectivity index (χ4n) is 1.50. The Bertz CT molecular complexity index is 306. The van der Waals surface area contributed by atoms with Crippen LogP contribution < -0.4 is 10.6 Å². The summed E-state index contributed by atoms with van der Waals surface area (Å²) in [5.74, 6) is 0.951. The van der Waals surface area contributed by atoms with Gasteiger partial charge in [-0.15, -0.1) is 0 Å². The van der Waals surface area contributed by atoms with Crippen LogP contribution in [-0.2, 0) is 0 Å². The quantitative estimate of drug-likeness (QED) is 0.706. The van der Waals surface area contributed by atoms with Crippen LogP contribution in [0, 0.1) is 0 Å². The van der Waals surface area contributed by atoms with Gasteiger partial charge in [0, 0.05) is 19.3 Å². The fraction of sp³-hybridized carbons (Fsp3) is 0.364. The minimum atomic E-state index is 0.915. The van der Waals surface area contributed by atoms with E-state index < -0.39 is 0 Å². The maximum Gasteiger partial charge on any atom is 0.126 e. The zero-order chi connectivity index (χ0) is 9.64. The lowest BCUT2D eigenvalue weighted by atomic mass is 10.1. The lowest BCUT2D eigenvalue weighted by Crippen LogP contribution is -2.23. The molecule has 0 radical (unpaired) electrons. The molecule has 1 aliphatic heterocycles. The second-order valence-electron chi connectivity index (χ2n) is 3.39. The van der Waals surface area contributed by atoms with Crippen molar-refractivity contribution < 1.29 is 0 Å². The number of anilines is 1. The topological polar surface area (TPSA) is 37.0 Å². The Hall–Kier alpha value is -1.35. The maximum absolute atomic E-state index is 4.21. The van der Waals surface area contributed by atoms with Crippen molar-refractivity contribution in [2.24, 2.45) is 0 Å². The minimum Gasteiger partial charge on any atom is -0.366 e. The first-order chi connectivity index (χ1) is 6.95.